The molecule has 2 rings (SSSR count). The Balaban J connectivity index is 2.38. The van der Waals surface area contributed by atoms with E-state index in [2.05, 4.69) is 10.0 Å². The molecule has 0 saturated heterocycles. The molecule has 0 spiro atoms. The number of ether oxygens (including phenoxy) is 1. The number of hydrogen-bond donors (Lipinski definition) is 2. The van der Waals surface area contributed by atoms with Gasteiger partial charge in [-0.15, -0.1) is 0 Å². The molecular weight excluding hydrogens is 399 g/mol. The highest BCUT2D eigenvalue weighted by atomic mass is 35.5. The van der Waals surface area contributed by atoms with Crippen LogP contribution >= 0.6 is 23.2 Å². The maximum Gasteiger partial charge on any atom is 0.255 e. The van der Waals surface area contributed by atoms with Crippen molar-refractivity contribution in [2.75, 3.05) is 12.4 Å². The number of halogens is 2. The van der Waals surface area contributed by atoms with Crippen molar-refractivity contribution in [3.05, 3.63) is 52.0 Å². The van der Waals surface area contributed by atoms with Crippen LogP contribution in [0.4, 0.5) is 5.69 Å². The lowest BCUT2D eigenvalue weighted by Crippen LogP contribution is -2.30. The van der Waals surface area contributed by atoms with E-state index in [1.54, 1.807) is 26.0 Å². The average Bonchev–Trinajstić information content (AvgIpc) is 2.55. The molecule has 2 N–H and O–H groups in total. The zero-order valence-corrected chi connectivity index (χ0v) is 16.7. The van der Waals surface area contributed by atoms with Crippen LogP contribution in [0.3, 0.4) is 0 Å². The Morgan fingerprint density at radius 2 is 1.81 bits per heavy atom. The number of benzene rings is 2. The molecule has 1 amide bonds. The molecule has 0 atom stereocenters. The summed E-state index contributed by atoms with van der Waals surface area (Å²) >= 11 is 11.9. The van der Waals surface area contributed by atoms with Gasteiger partial charge in [0.15, 0.2) is 0 Å². The van der Waals surface area contributed by atoms with Gasteiger partial charge < -0.3 is 10.1 Å². The van der Waals surface area contributed by atoms with Gasteiger partial charge in [0.1, 0.15) is 10.6 Å². The quantitative estimate of drug-likeness (QED) is 0.746. The van der Waals surface area contributed by atoms with Crippen LogP contribution < -0.4 is 14.8 Å². The normalized spacial score (nSPS) is 11.5. The maximum absolute atomic E-state index is 12.5. The molecule has 2 aromatic rings. The molecule has 26 heavy (non-hydrogen) atoms. The van der Waals surface area contributed by atoms with Crippen LogP contribution in [-0.2, 0) is 10.0 Å². The van der Waals surface area contributed by atoms with Crippen molar-refractivity contribution in [2.24, 2.45) is 0 Å². The Kier molecular flexibility index (Phi) is 6.52. The van der Waals surface area contributed by atoms with Gasteiger partial charge in [-0.05, 0) is 50.2 Å². The Morgan fingerprint density at radius 3 is 2.38 bits per heavy atom. The van der Waals surface area contributed by atoms with E-state index in [4.69, 9.17) is 27.9 Å². The molecule has 0 bridgehead atoms. The molecule has 9 heteroatoms. The Labute approximate surface area is 162 Å². The number of anilines is 1. The standard InChI is InChI=1S/C17H18Cl2N2O4S/c1-10(2)21-26(23,24)16-8-11(4-7-15(16)25-3)17(22)20-14-6-5-12(18)9-13(14)19/h4-10,21H,1-3H3,(H,20,22). The van der Waals surface area contributed by atoms with E-state index in [9.17, 15) is 13.2 Å². The van der Waals surface area contributed by atoms with Gasteiger partial charge >= 0.3 is 0 Å². The largest absolute Gasteiger partial charge is 0.495 e. The van der Waals surface area contributed by atoms with Crippen LogP contribution in [0, 0.1) is 0 Å². The Hall–Kier alpha value is -1.80. The molecule has 0 aromatic heterocycles. The van der Waals surface area contributed by atoms with Crippen LogP contribution in [0.1, 0.15) is 24.2 Å². The minimum absolute atomic E-state index is 0.122. The summed E-state index contributed by atoms with van der Waals surface area (Å²) < 4.78 is 32.6. The van der Waals surface area contributed by atoms with Crippen molar-refractivity contribution in [3.63, 3.8) is 0 Å². The van der Waals surface area contributed by atoms with E-state index in [1.807, 2.05) is 0 Å². The lowest BCUT2D eigenvalue weighted by molar-refractivity contribution is 0.102. The highest BCUT2D eigenvalue weighted by Crippen LogP contribution is 2.28. The minimum atomic E-state index is -3.84. The fraction of sp³-hybridized carbons (Fsp3) is 0.235. The second kappa shape index (κ2) is 8.26. The van der Waals surface area contributed by atoms with E-state index < -0.39 is 15.9 Å². The molecule has 0 saturated carbocycles. The summed E-state index contributed by atoms with van der Waals surface area (Å²) in [6.07, 6.45) is 0. The predicted molar refractivity (Wildman–Crippen MR) is 103 cm³/mol. The van der Waals surface area contributed by atoms with Gasteiger partial charge in [-0.2, -0.15) is 0 Å². The molecule has 140 valence electrons. The summed E-state index contributed by atoms with van der Waals surface area (Å²) in [6, 6.07) is 8.47. The first-order valence-corrected chi connectivity index (χ1v) is 9.84. The van der Waals surface area contributed by atoms with Gasteiger partial charge in [0, 0.05) is 16.6 Å². The smallest absolute Gasteiger partial charge is 0.255 e. The second-order valence-corrected chi connectivity index (χ2v) is 8.25. The van der Waals surface area contributed by atoms with E-state index >= 15 is 0 Å². The summed E-state index contributed by atoms with van der Waals surface area (Å²) in [7, 11) is -2.49. The monoisotopic (exact) mass is 416 g/mol. The summed E-state index contributed by atoms with van der Waals surface area (Å²) in [4.78, 5) is 12.4. The van der Waals surface area contributed by atoms with Crippen LogP contribution in [0.15, 0.2) is 41.3 Å². The number of hydrogen-bond acceptors (Lipinski definition) is 4. The third-order valence-electron chi connectivity index (χ3n) is 3.29. The highest BCUT2D eigenvalue weighted by Gasteiger charge is 2.22. The predicted octanol–water partition coefficient (Wildman–Crippen LogP) is 3.94. The van der Waals surface area contributed by atoms with E-state index in [1.165, 1.54) is 31.4 Å². The minimum Gasteiger partial charge on any atom is -0.495 e. The van der Waals surface area contributed by atoms with Gasteiger partial charge in [0.2, 0.25) is 10.0 Å². The number of amides is 1. The van der Waals surface area contributed by atoms with Crippen LogP contribution in [0.5, 0.6) is 5.75 Å². The Morgan fingerprint density at radius 1 is 1.12 bits per heavy atom. The Bertz CT molecular complexity index is 930. The fourth-order valence-corrected chi connectivity index (χ4v) is 4.09. The van der Waals surface area contributed by atoms with E-state index in [-0.39, 0.29) is 27.3 Å². The first kappa shape index (κ1) is 20.5. The van der Waals surface area contributed by atoms with E-state index in [0.29, 0.717) is 10.7 Å². The third-order valence-corrected chi connectivity index (χ3v) is 5.51. The SMILES string of the molecule is COc1ccc(C(=O)Nc2ccc(Cl)cc2Cl)cc1S(=O)(=O)NC(C)C. The van der Waals surface area contributed by atoms with Crippen molar-refractivity contribution in [1.29, 1.82) is 0 Å². The topological polar surface area (TPSA) is 84.5 Å². The highest BCUT2D eigenvalue weighted by molar-refractivity contribution is 7.89. The molecule has 0 aliphatic heterocycles. The second-order valence-electron chi connectivity index (χ2n) is 5.72. The van der Waals surface area contributed by atoms with Crippen molar-refractivity contribution in [1.82, 2.24) is 4.72 Å². The number of nitrogens with one attached hydrogen (secondary N) is 2. The van der Waals surface area contributed by atoms with Gasteiger partial charge in [-0.25, -0.2) is 13.1 Å². The molecule has 0 heterocycles. The summed E-state index contributed by atoms with van der Waals surface area (Å²) in [5, 5.41) is 3.33. The van der Waals surface area contributed by atoms with Gasteiger partial charge in [0.05, 0.1) is 17.8 Å². The molecule has 2 aromatic carbocycles. The van der Waals surface area contributed by atoms with E-state index in [0.717, 1.165) is 0 Å². The number of carbonyl (C=O) groups excluding carboxylic acids is 1. The maximum atomic E-state index is 12.5. The zero-order valence-electron chi connectivity index (χ0n) is 14.3. The lowest BCUT2D eigenvalue weighted by atomic mass is 10.2. The molecule has 0 unspecified atom stereocenters. The van der Waals surface area contributed by atoms with Crippen LogP contribution in [0.25, 0.3) is 0 Å². The van der Waals surface area contributed by atoms with Gasteiger partial charge in [-0.3, -0.25) is 4.79 Å². The summed E-state index contributed by atoms with van der Waals surface area (Å²) in [5.41, 5.74) is 0.502. The third kappa shape index (κ3) is 4.88. The summed E-state index contributed by atoms with van der Waals surface area (Å²) in [5.74, 6) is -0.378. The number of sulfonamides is 1. The molecule has 0 aliphatic rings. The number of methoxy groups -OCH3 is 1. The van der Waals surface area contributed by atoms with Crippen molar-refractivity contribution in [2.45, 2.75) is 24.8 Å². The number of rotatable bonds is 6. The fourth-order valence-electron chi connectivity index (χ4n) is 2.19. The molecule has 0 radical (unpaired) electrons. The molecule has 6 nitrogen and oxygen atoms in total. The van der Waals surface area contributed by atoms with Crippen LogP contribution in [-0.4, -0.2) is 27.5 Å². The first-order valence-electron chi connectivity index (χ1n) is 7.61. The lowest BCUT2D eigenvalue weighted by Gasteiger charge is -2.14. The molecule has 0 fully saturated rings. The number of carbonyl (C=O) groups is 1. The van der Waals surface area contributed by atoms with Crippen molar-refractivity contribution in [3.8, 4) is 5.75 Å². The van der Waals surface area contributed by atoms with Gasteiger partial charge in [0.25, 0.3) is 5.91 Å². The van der Waals surface area contributed by atoms with Gasteiger partial charge in [-0.1, -0.05) is 23.2 Å². The van der Waals surface area contributed by atoms with Crippen LogP contribution in [0.2, 0.25) is 10.0 Å². The molecular formula is C17H18Cl2N2O4S. The zero-order chi connectivity index (χ0) is 19.5. The first-order chi connectivity index (χ1) is 12.1. The summed E-state index contributed by atoms with van der Waals surface area (Å²) in [6.45, 7) is 3.40. The molecule has 0 aliphatic carbocycles. The van der Waals surface area contributed by atoms with Crippen molar-refractivity contribution >= 4 is 44.8 Å². The van der Waals surface area contributed by atoms with Crippen molar-refractivity contribution < 1.29 is 17.9 Å². The average molecular weight is 417 g/mol.